The predicted molar refractivity (Wildman–Crippen MR) is 88.1 cm³/mol. The van der Waals surface area contributed by atoms with Crippen molar-refractivity contribution < 1.29 is 0 Å². The molecule has 0 unspecified atom stereocenters. The van der Waals surface area contributed by atoms with Crippen LogP contribution in [-0.2, 0) is 19.0 Å². The topological polar surface area (TPSA) is 29.9 Å². The lowest BCUT2D eigenvalue weighted by atomic mass is 9.89. The van der Waals surface area contributed by atoms with Crippen LogP contribution in [0.1, 0.15) is 37.6 Å². The van der Waals surface area contributed by atoms with Crippen LogP contribution >= 0.6 is 15.9 Å². The Hall–Kier alpha value is -1.29. The molecule has 2 rings (SSSR count). The second kappa shape index (κ2) is 5.60. The van der Waals surface area contributed by atoms with Crippen LogP contribution < -0.4 is 5.32 Å². The van der Waals surface area contributed by atoms with E-state index in [0.717, 1.165) is 22.4 Å². The monoisotopic (exact) mass is 335 g/mol. The molecule has 0 spiro atoms. The zero-order valence-electron chi connectivity index (χ0n) is 12.8. The number of rotatable bonds is 3. The number of nitrogens with zero attached hydrogens (tertiary/aromatic N) is 2. The first-order chi connectivity index (χ1) is 9.27. The molecular weight excluding hydrogens is 314 g/mol. The van der Waals surface area contributed by atoms with Crippen molar-refractivity contribution in [1.29, 1.82) is 0 Å². The molecule has 0 saturated heterocycles. The van der Waals surface area contributed by atoms with Gasteiger partial charge in [-0.1, -0.05) is 42.8 Å². The van der Waals surface area contributed by atoms with Gasteiger partial charge in [-0.05, 0) is 24.6 Å². The molecule has 20 heavy (non-hydrogen) atoms. The molecule has 1 aromatic carbocycles. The van der Waals surface area contributed by atoms with E-state index in [1.54, 1.807) is 0 Å². The molecule has 0 aliphatic carbocycles. The van der Waals surface area contributed by atoms with Gasteiger partial charge >= 0.3 is 0 Å². The maximum absolute atomic E-state index is 4.60. The van der Waals surface area contributed by atoms with Crippen LogP contribution in [0.15, 0.2) is 28.9 Å². The van der Waals surface area contributed by atoms with Crippen molar-refractivity contribution in [3.05, 3.63) is 45.7 Å². The highest BCUT2D eigenvalue weighted by Gasteiger charge is 2.21. The summed E-state index contributed by atoms with van der Waals surface area (Å²) in [5, 5.41) is 8.11. The molecule has 1 heterocycles. The zero-order chi connectivity index (χ0) is 14.9. The van der Waals surface area contributed by atoms with E-state index in [9.17, 15) is 0 Å². The maximum atomic E-state index is 4.60. The summed E-state index contributed by atoms with van der Waals surface area (Å²) in [6.45, 7) is 9.50. The second-order valence-corrected chi connectivity index (χ2v) is 7.16. The van der Waals surface area contributed by atoms with Crippen LogP contribution in [0.2, 0.25) is 0 Å². The first kappa shape index (κ1) is 15.1. The van der Waals surface area contributed by atoms with Crippen molar-refractivity contribution in [2.24, 2.45) is 7.05 Å². The summed E-state index contributed by atoms with van der Waals surface area (Å²) in [4.78, 5) is 0. The van der Waals surface area contributed by atoms with Crippen molar-refractivity contribution in [3.63, 3.8) is 0 Å². The number of benzene rings is 1. The molecular formula is C16H22BrN3. The third-order valence-corrected chi connectivity index (χ3v) is 3.78. The smallest absolute Gasteiger partial charge is 0.0727 e. The molecule has 0 radical (unpaired) electrons. The van der Waals surface area contributed by atoms with E-state index >= 15 is 0 Å². The van der Waals surface area contributed by atoms with E-state index in [2.05, 4.69) is 78.4 Å². The molecule has 0 bridgehead atoms. The Bertz CT molecular complexity index is 609. The molecule has 1 N–H and O–H groups in total. The first-order valence-corrected chi connectivity index (χ1v) is 7.59. The summed E-state index contributed by atoms with van der Waals surface area (Å²) >= 11 is 3.52. The minimum Gasteiger partial charge on any atom is -0.381 e. The lowest BCUT2D eigenvalue weighted by Gasteiger charge is -2.18. The molecule has 0 aliphatic rings. The Morgan fingerprint density at radius 1 is 1.30 bits per heavy atom. The van der Waals surface area contributed by atoms with Crippen LogP contribution in [0.3, 0.4) is 0 Å². The third kappa shape index (κ3) is 3.42. The zero-order valence-corrected chi connectivity index (χ0v) is 14.4. The van der Waals surface area contributed by atoms with Crippen LogP contribution in [0.4, 0.5) is 5.69 Å². The molecule has 108 valence electrons. The van der Waals surface area contributed by atoms with Crippen LogP contribution in [0, 0.1) is 6.92 Å². The van der Waals surface area contributed by atoms with Crippen LogP contribution in [0.5, 0.6) is 0 Å². The molecule has 0 fully saturated rings. The van der Waals surface area contributed by atoms with E-state index in [1.807, 2.05) is 11.7 Å². The molecule has 3 nitrogen and oxygen atoms in total. The van der Waals surface area contributed by atoms with Gasteiger partial charge in [-0.3, -0.25) is 4.68 Å². The van der Waals surface area contributed by atoms with E-state index in [0.29, 0.717) is 0 Å². The Kier molecular flexibility index (Phi) is 4.23. The normalized spacial score (nSPS) is 11.7. The van der Waals surface area contributed by atoms with E-state index in [-0.39, 0.29) is 5.41 Å². The number of anilines is 1. The second-order valence-electron chi connectivity index (χ2n) is 6.24. The molecule has 2 aromatic rings. The van der Waals surface area contributed by atoms with E-state index < -0.39 is 0 Å². The largest absolute Gasteiger partial charge is 0.381 e. The van der Waals surface area contributed by atoms with Gasteiger partial charge in [-0.25, -0.2) is 0 Å². The third-order valence-electron chi connectivity index (χ3n) is 3.28. The average Bonchev–Trinajstić information content (AvgIpc) is 2.72. The van der Waals surface area contributed by atoms with Crippen molar-refractivity contribution in [2.45, 2.75) is 39.7 Å². The van der Waals surface area contributed by atoms with Gasteiger partial charge in [0.25, 0.3) is 0 Å². The Morgan fingerprint density at radius 3 is 2.65 bits per heavy atom. The Balaban J connectivity index is 2.21. The van der Waals surface area contributed by atoms with E-state index in [4.69, 9.17) is 0 Å². The molecule has 0 aliphatic heterocycles. The number of nitrogens with one attached hydrogen (secondary N) is 1. The van der Waals surface area contributed by atoms with Crippen molar-refractivity contribution >= 4 is 21.6 Å². The number of hydrogen-bond donors (Lipinski definition) is 1. The fraction of sp³-hybridized carbons (Fsp3) is 0.438. The highest BCUT2D eigenvalue weighted by Crippen LogP contribution is 2.26. The molecule has 4 heteroatoms. The number of aromatic nitrogens is 2. The van der Waals surface area contributed by atoms with E-state index in [1.165, 1.54) is 11.1 Å². The minimum absolute atomic E-state index is 0.0601. The molecule has 0 amide bonds. The standard InChI is InChI=1S/C16H22BrN3/c1-11-6-7-13(17)8-14(11)18-9-12-10-20(5)19-15(12)16(2,3)4/h6-8,10,18H,9H2,1-5H3. The average molecular weight is 336 g/mol. The van der Waals surface area contributed by atoms with Gasteiger partial charge in [-0.2, -0.15) is 5.10 Å². The molecule has 0 atom stereocenters. The summed E-state index contributed by atoms with van der Waals surface area (Å²) in [6, 6.07) is 6.29. The quantitative estimate of drug-likeness (QED) is 0.900. The fourth-order valence-corrected chi connectivity index (χ4v) is 2.63. The number of aryl methyl sites for hydroxylation is 2. The van der Waals surface area contributed by atoms with Crippen molar-refractivity contribution in [3.8, 4) is 0 Å². The van der Waals surface area contributed by atoms with Crippen LogP contribution in [0.25, 0.3) is 0 Å². The van der Waals surface area contributed by atoms with Crippen LogP contribution in [-0.4, -0.2) is 9.78 Å². The number of halogens is 1. The highest BCUT2D eigenvalue weighted by molar-refractivity contribution is 9.10. The maximum Gasteiger partial charge on any atom is 0.0727 e. The molecule has 1 aromatic heterocycles. The summed E-state index contributed by atoms with van der Waals surface area (Å²) in [5.74, 6) is 0. The lowest BCUT2D eigenvalue weighted by Crippen LogP contribution is -2.16. The lowest BCUT2D eigenvalue weighted by molar-refractivity contribution is 0.549. The number of hydrogen-bond acceptors (Lipinski definition) is 2. The van der Waals surface area contributed by atoms with Gasteiger partial charge in [0.05, 0.1) is 5.69 Å². The van der Waals surface area contributed by atoms with Gasteiger partial charge in [0.15, 0.2) is 0 Å². The molecule has 0 saturated carbocycles. The van der Waals surface area contributed by atoms with Gasteiger partial charge < -0.3 is 5.32 Å². The fourth-order valence-electron chi connectivity index (χ4n) is 2.27. The minimum atomic E-state index is 0.0601. The SMILES string of the molecule is Cc1ccc(Br)cc1NCc1cn(C)nc1C(C)(C)C. The predicted octanol–water partition coefficient (Wildman–Crippen LogP) is 4.40. The van der Waals surface area contributed by atoms with Gasteiger partial charge in [-0.15, -0.1) is 0 Å². The van der Waals surface area contributed by atoms with Crippen molar-refractivity contribution in [2.75, 3.05) is 5.32 Å². The van der Waals surface area contributed by atoms with Crippen molar-refractivity contribution in [1.82, 2.24) is 9.78 Å². The first-order valence-electron chi connectivity index (χ1n) is 6.80. The summed E-state index contributed by atoms with van der Waals surface area (Å²) in [6.07, 6.45) is 2.10. The Morgan fingerprint density at radius 2 is 2.00 bits per heavy atom. The highest BCUT2D eigenvalue weighted by atomic mass is 79.9. The summed E-state index contributed by atoms with van der Waals surface area (Å²) in [5.41, 5.74) is 4.86. The summed E-state index contributed by atoms with van der Waals surface area (Å²) in [7, 11) is 1.98. The Labute approximate surface area is 129 Å². The van der Waals surface area contributed by atoms with Gasteiger partial charge in [0.2, 0.25) is 0 Å². The van der Waals surface area contributed by atoms with Gasteiger partial charge in [0, 0.05) is 40.9 Å². The summed E-state index contributed by atoms with van der Waals surface area (Å²) < 4.78 is 2.98. The van der Waals surface area contributed by atoms with Gasteiger partial charge in [0.1, 0.15) is 0 Å².